The summed E-state index contributed by atoms with van der Waals surface area (Å²) in [7, 11) is 0. The Morgan fingerprint density at radius 1 is 1.37 bits per heavy atom. The van der Waals surface area contributed by atoms with Crippen LogP contribution in [0, 0.1) is 5.82 Å². The molecule has 5 heteroatoms. The molecule has 0 aliphatic carbocycles. The Morgan fingerprint density at radius 2 is 2.00 bits per heavy atom. The van der Waals surface area contributed by atoms with E-state index < -0.39 is 5.60 Å². The van der Waals surface area contributed by atoms with Gasteiger partial charge in [-0.2, -0.15) is 0 Å². The number of amides is 1. The van der Waals surface area contributed by atoms with Crippen molar-refractivity contribution in [3.05, 3.63) is 30.1 Å². The van der Waals surface area contributed by atoms with E-state index in [9.17, 15) is 14.3 Å². The van der Waals surface area contributed by atoms with E-state index in [0.717, 1.165) is 11.8 Å². The molecule has 3 nitrogen and oxygen atoms in total. The van der Waals surface area contributed by atoms with Gasteiger partial charge in [0.1, 0.15) is 5.82 Å². The summed E-state index contributed by atoms with van der Waals surface area (Å²) in [4.78, 5) is 12.1. The number of carbonyl (C=O) groups is 1. The van der Waals surface area contributed by atoms with Crippen molar-refractivity contribution in [2.24, 2.45) is 0 Å². The molecule has 0 bridgehead atoms. The van der Waals surface area contributed by atoms with Crippen molar-refractivity contribution in [3.63, 3.8) is 0 Å². The van der Waals surface area contributed by atoms with E-state index in [0.29, 0.717) is 17.7 Å². The summed E-state index contributed by atoms with van der Waals surface area (Å²) in [5.41, 5.74) is -0.849. The zero-order chi connectivity index (χ0) is 14.3. The molecule has 0 unspecified atom stereocenters. The lowest BCUT2D eigenvalue weighted by Crippen LogP contribution is -2.42. The van der Waals surface area contributed by atoms with Crippen molar-refractivity contribution >= 4 is 17.7 Å². The lowest BCUT2D eigenvalue weighted by atomic mass is 9.98. The minimum atomic E-state index is -0.849. The molecule has 0 aromatic heterocycles. The molecule has 0 aliphatic heterocycles. The maximum Gasteiger partial charge on any atom is 0.230 e. The summed E-state index contributed by atoms with van der Waals surface area (Å²) in [6.07, 6.45) is 1.18. The smallest absolute Gasteiger partial charge is 0.230 e. The highest BCUT2D eigenvalue weighted by molar-refractivity contribution is 8.00. The van der Waals surface area contributed by atoms with Crippen LogP contribution in [-0.4, -0.2) is 28.9 Å². The lowest BCUT2D eigenvalue weighted by molar-refractivity contribution is -0.119. The average molecular weight is 285 g/mol. The second kappa shape index (κ2) is 7.50. The molecular weight excluding hydrogens is 265 g/mol. The topological polar surface area (TPSA) is 49.3 Å². The van der Waals surface area contributed by atoms with Gasteiger partial charge in [-0.25, -0.2) is 4.39 Å². The molecule has 106 valence electrons. The van der Waals surface area contributed by atoms with Crippen LogP contribution >= 0.6 is 11.8 Å². The number of halogens is 1. The third-order valence-corrected chi connectivity index (χ3v) is 4.17. The molecule has 0 heterocycles. The van der Waals surface area contributed by atoms with Crippen LogP contribution in [-0.2, 0) is 4.79 Å². The van der Waals surface area contributed by atoms with Gasteiger partial charge in [0, 0.05) is 11.4 Å². The van der Waals surface area contributed by atoms with Crippen molar-refractivity contribution in [1.29, 1.82) is 0 Å². The molecule has 19 heavy (non-hydrogen) atoms. The molecule has 0 aliphatic rings. The predicted molar refractivity (Wildman–Crippen MR) is 75.7 cm³/mol. The second-order valence-corrected chi connectivity index (χ2v) is 5.44. The monoisotopic (exact) mass is 285 g/mol. The van der Waals surface area contributed by atoms with Crippen LogP contribution in [0.1, 0.15) is 26.7 Å². The first-order chi connectivity index (χ1) is 9.00. The number of thioether (sulfide) groups is 1. The van der Waals surface area contributed by atoms with Gasteiger partial charge in [-0.15, -0.1) is 11.8 Å². The van der Waals surface area contributed by atoms with Crippen molar-refractivity contribution < 1.29 is 14.3 Å². The molecule has 1 amide bonds. The molecule has 2 N–H and O–H groups in total. The van der Waals surface area contributed by atoms with Gasteiger partial charge in [-0.3, -0.25) is 4.79 Å². The van der Waals surface area contributed by atoms with Crippen molar-refractivity contribution in [2.45, 2.75) is 37.2 Å². The summed E-state index contributed by atoms with van der Waals surface area (Å²) in [6.45, 7) is 3.99. The van der Waals surface area contributed by atoms with Crippen molar-refractivity contribution in [2.75, 3.05) is 12.3 Å². The first-order valence-corrected chi connectivity index (χ1v) is 7.35. The van der Waals surface area contributed by atoms with Crippen LogP contribution in [0.15, 0.2) is 29.2 Å². The number of carbonyl (C=O) groups excluding carboxylic acids is 1. The van der Waals surface area contributed by atoms with E-state index in [2.05, 4.69) is 5.32 Å². The van der Waals surface area contributed by atoms with E-state index in [4.69, 9.17) is 0 Å². The fraction of sp³-hybridized carbons (Fsp3) is 0.500. The maximum atomic E-state index is 13.3. The van der Waals surface area contributed by atoms with Gasteiger partial charge in [0.25, 0.3) is 0 Å². The first kappa shape index (κ1) is 16.0. The van der Waals surface area contributed by atoms with Gasteiger partial charge in [0.05, 0.1) is 11.4 Å². The molecule has 0 atom stereocenters. The summed E-state index contributed by atoms with van der Waals surface area (Å²) < 4.78 is 13.3. The van der Waals surface area contributed by atoms with E-state index in [1.807, 2.05) is 13.8 Å². The lowest BCUT2D eigenvalue weighted by Gasteiger charge is -2.25. The van der Waals surface area contributed by atoms with E-state index >= 15 is 0 Å². The minimum Gasteiger partial charge on any atom is -0.388 e. The van der Waals surface area contributed by atoms with Gasteiger partial charge in [-0.1, -0.05) is 26.0 Å². The Morgan fingerprint density at radius 3 is 2.58 bits per heavy atom. The fourth-order valence-electron chi connectivity index (χ4n) is 1.52. The van der Waals surface area contributed by atoms with Crippen LogP contribution in [0.4, 0.5) is 4.39 Å². The molecule has 1 rings (SSSR count). The Kier molecular flexibility index (Phi) is 6.31. The van der Waals surface area contributed by atoms with Crippen LogP contribution in [0.25, 0.3) is 0 Å². The third-order valence-electron chi connectivity index (χ3n) is 3.13. The molecule has 0 radical (unpaired) electrons. The number of benzene rings is 1. The highest BCUT2D eigenvalue weighted by Gasteiger charge is 2.22. The van der Waals surface area contributed by atoms with E-state index in [-0.39, 0.29) is 24.0 Å². The average Bonchev–Trinajstić information content (AvgIpc) is 2.44. The highest BCUT2D eigenvalue weighted by atomic mass is 32.2. The third kappa shape index (κ3) is 5.20. The number of aliphatic hydroxyl groups is 1. The Labute approximate surface area is 117 Å². The summed E-state index contributed by atoms with van der Waals surface area (Å²) >= 11 is 1.15. The standard InChI is InChI=1S/C14H20FNO2S/c1-3-14(18,4-2)10-16-13(17)9-19-12-8-6-5-7-11(12)15/h5-8,18H,3-4,9-10H2,1-2H3,(H,16,17). The zero-order valence-electron chi connectivity index (χ0n) is 11.3. The van der Waals surface area contributed by atoms with Crippen molar-refractivity contribution in [1.82, 2.24) is 5.32 Å². The molecule has 0 spiro atoms. The quantitative estimate of drug-likeness (QED) is 0.757. The van der Waals surface area contributed by atoms with Crippen LogP contribution < -0.4 is 5.32 Å². The van der Waals surface area contributed by atoms with Gasteiger partial charge < -0.3 is 10.4 Å². The summed E-state index contributed by atoms with van der Waals surface area (Å²) in [5, 5.41) is 12.7. The molecular formula is C14H20FNO2S. The number of rotatable bonds is 7. The van der Waals surface area contributed by atoms with Gasteiger partial charge >= 0.3 is 0 Å². The van der Waals surface area contributed by atoms with E-state index in [1.54, 1.807) is 18.2 Å². The Hall–Kier alpha value is -1.07. The second-order valence-electron chi connectivity index (χ2n) is 4.43. The molecule has 0 saturated carbocycles. The number of hydrogen-bond donors (Lipinski definition) is 2. The normalized spacial score (nSPS) is 11.4. The van der Waals surface area contributed by atoms with Crippen molar-refractivity contribution in [3.8, 4) is 0 Å². The Balaban J connectivity index is 2.39. The first-order valence-electron chi connectivity index (χ1n) is 6.37. The van der Waals surface area contributed by atoms with Crippen LogP contribution in [0.2, 0.25) is 0 Å². The zero-order valence-corrected chi connectivity index (χ0v) is 12.1. The minimum absolute atomic E-state index is 0.143. The largest absolute Gasteiger partial charge is 0.388 e. The molecule has 1 aromatic carbocycles. The number of hydrogen-bond acceptors (Lipinski definition) is 3. The molecule has 0 fully saturated rings. The highest BCUT2D eigenvalue weighted by Crippen LogP contribution is 2.20. The van der Waals surface area contributed by atoms with Crippen LogP contribution in [0.3, 0.4) is 0 Å². The fourth-order valence-corrected chi connectivity index (χ4v) is 2.29. The van der Waals surface area contributed by atoms with Gasteiger partial charge in [0.2, 0.25) is 5.91 Å². The molecule has 0 saturated heterocycles. The van der Waals surface area contributed by atoms with Crippen LogP contribution in [0.5, 0.6) is 0 Å². The summed E-state index contributed by atoms with van der Waals surface area (Å²) in [5.74, 6) is -0.378. The van der Waals surface area contributed by atoms with Gasteiger partial charge in [0.15, 0.2) is 0 Å². The summed E-state index contributed by atoms with van der Waals surface area (Å²) in [6, 6.07) is 6.35. The Bertz CT molecular complexity index is 422. The van der Waals surface area contributed by atoms with E-state index in [1.165, 1.54) is 6.07 Å². The maximum absolute atomic E-state index is 13.3. The predicted octanol–water partition coefficient (Wildman–Crippen LogP) is 2.59. The number of nitrogens with one attached hydrogen (secondary N) is 1. The SMILES string of the molecule is CCC(O)(CC)CNC(=O)CSc1ccccc1F. The van der Waals surface area contributed by atoms with Gasteiger partial charge in [-0.05, 0) is 25.0 Å². The molecule has 1 aromatic rings.